The summed E-state index contributed by atoms with van der Waals surface area (Å²) < 4.78 is 10.5. The SMILES string of the molecule is COC(=O)C1(C2(c3ccc(Cl)cc3)CO2)CC1. The quantitative estimate of drug-likeness (QED) is 0.613. The molecular weight excluding hydrogens is 240 g/mol. The number of methoxy groups -OCH3 is 1. The fourth-order valence-electron chi connectivity index (χ4n) is 2.60. The van der Waals surface area contributed by atoms with Gasteiger partial charge in [-0.15, -0.1) is 0 Å². The highest BCUT2D eigenvalue weighted by molar-refractivity contribution is 6.30. The number of carbonyl (C=O) groups is 1. The molecule has 0 N–H and O–H groups in total. The molecule has 0 radical (unpaired) electrons. The van der Waals surface area contributed by atoms with Crippen LogP contribution in [0.4, 0.5) is 0 Å². The van der Waals surface area contributed by atoms with E-state index in [0.29, 0.717) is 11.6 Å². The Morgan fingerprint density at radius 3 is 2.35 bits per heavy atom. The van der Waals surface area contributed by atoms with E-state index in [0.717, 1.165) is 18.4 Å². The summed E-state index contributed by atoms with van der Waals surface area (Å²) in [7, 11) is 1.43. The molecule has 3 nitrogen and oxygen atoms in total. The molecule has 1 atom stereocenters. The van der Waals surface area contributed by atoms with Crippen LogP contribution in [0.15, 0.2) is 24.3 Å². The smallest absolute Gasteiger partial charge is 0.315 e. The Kier molecular flexibility index (Phi) is 2.25. The van der Waals surface area contributed by atoms with Crippen LogP contribution < -0.4 is 0 Å². The topological polar surface area (TPSA) is 38.8 Å². The monoisotopic (exact) mass is 252 g/mol. The summed E-state index contributed by atoms with van der Waals surface area (Å²) in [6.45, 7) is 0.587. The van der Waals surface area contributed by atoms with E-state index in [9.17, 15) is 4.79 Å². The number of hydrogen-bond donors (Lipinski definition) is 0. The molecule has 1 aliphatic heterocycles. The highest BCUT2D eigenvalue weighted by Crippen LogP contribution is 2.66. The van der Waals surface area contributed by atoms with Crippen LogP contribution in [0.3, 0.4) is 0 Å². The number of benzene rings is 1. The minimum atomic E-state index is -0.468. The molecule has 0 amide bonds. The van der Waals surface area contributed by atoms with E-state index >= 15 is 0 Å². The van der Waals surface area contributed by atoms with Crippen molar-refractivity contribution in [1.82, 2.24) is 0 Å². The highest BCUT2D eigenvalue weighted by atomic mass is 35.5. The molecule has 2 fully saturated rings. The molecule has 1 saturated carbocycles. The molecule has 90 valence electrons. The summed E-state index contributed by atoms with van der Waals surface area (Å²) >= 11 is 5.87. The normalized spacial score (nSPS) is 28.6. The second-order valence-electron chi connectivity index (χ2n) is 4.70. The highest BCUT2D eigenvalue weighted by Gasteiger charge is 2.73. The second-order valence-corrected chi connectivity index (χ2v) is 5.13. The Morgan fingerprint density at radius 1 is 1.35 bits per heavy atom. The van der Waals surface area contributed by atoms with Crippen molar-refractivity contribution in [1.29, 1.82) is 0 Å². The molecule has 3 rings (SSSR count). The Balaban J connectivity index is 1.97. The molecule has 0 spiro atoms. The largest absolute Gasteiger partial charge is 0.468 e. The van der Waals surface area contributed by atoms with Crippen molar-refractivity contribution >= 4 is 17.6 Å². The first kappa shape index (κ1) is 11.1. The van der Waals surface area contributed by atoms with Gasteiger partial charge in [0.15, 0.2) is 0 Å². The van der Waals surface area contributed by atoms with Gasteiger partial charge < -0.3 is 9.47 Å². The zero-order valence-corrected chi connectivity index (χ0v) is 10.3. The number of esters is 1. The van der Waals surface area contributed by atoms with Gasteiger partial charge in [-0.25, -0.2) is 0 Å². The maximum absolute atomic E-state index is 11.9. The molecular formula is C13H13ClO3. The van der Waals surface area contributed by atoms with Crippen molar-refractivity contribution in [2.75, 3.05) is 13.7 Å². The van der Waals surface area contributed by atoms with E-state index in [-0.39, 0.29) is 5.97 Å². The predicted molar refractivity (Wildman–Crippen MR) is 62.8 cm³/mol. The minimum Gasteiger partial charge on any atom is -0.468 e. The van der Waals surface area contributed by atoms with Crippen LogP contribution in [0.5, 0.6) is 0 Å². The third-order valence-electron chi connectivity index (χ3n) is 3.84. The summed E-state index contributed by atoms with van der Waals surface area (Å²) in [5.41, 5.74) is 0.0880. The van der Waals surface area contributed by atoms with E-state index in [1.807, 2.05) is 24.3 Å². The van der Waals surface area contributed by atoms with Crippen molar-refractivity contribution in [3.63, 3.8) is 0 Å². The molecule has 1 heterocycles. The van der Waals surface area contributed by atoms with Crippen molar-refractivity contribution in [2.45, 2.75) is 18.4 Å². The molecule has 1 saturated heterocycles. The lowest BCUT2D eigenvalue weighted by Crippen LogP contribution is -2.32. The number of halogens is 1. The maximum Gasteiger partial charge on any atom is 0.315 e. The zero-order chi connectivity index (χ0) is 12.1. The van der Waals surface area contributed by atoms with Crippen LogP contribution in [-0.4, -0.2) is 19.7 Å². The van der Waals surface area contributed by atoms with Gasteiger partial charge in [0.05, 0.1) is 13.7 Å². The van der Waals surface area contributed by atoms with Crippen molar-refractivity contribution in [3.05, 3.63) is 34.9 Å². The Morgan fingerprint density at radius 2 is 1.94 bits per heavy atom. The van der Waals surface area contributed by atoms with Crippen LogP contribution in [0.2, 0.25) is 5.02 Å². The summed E-state index contributed by atoms with van der Waals surface area (Å²) in [5, 5.41) is 0.687. The fraction of sp³-hybridized carbons (Fsp3) is 0.462. The first-order valence-corrected chi connectivity index (χ1v) is 6.01. The van der Waals surface area contributed by atoms with Gasteiger partial charge in [-0.1, -0.05) is 23.7 Å². The lowest BCUT2D eigenvalue weighted by molar-refractivity contribution is -0.150. The lowest BCUT2D eigenvalue weighted by atomic mass is 9.83. The maximum atomic E-state index is 11.9. The number of ether oxygens (including phenoxy) is 2. The van der Waals surface area contributed by atoms with Crippen LogP contribution in [0.25, 0.3) is 0 Å². The summed E-state index contributed by atoms with van der Waals surface area (Å²) in [6.07, 6.45) is 1.67. The average molecular weight is 253 g/mol. The Bertz CT molecular complexity index is 458. The predicted octanol–water partition coefficient (Wildman–Crippen LogP) is 2.52. The molecule has 1 unspecified atom stereocenters. The van der Waals surface area contributed by atoms with E-state index < -0.39 is 11.0 Å². The molecule has 0 bridgehead atoms. The third-order valence-corrected chi connectivity index (χ3v) is 4.09. The molecule has 4 heteroatoms. The van der Waals surface area contributed by atoms with Gasteiger partial charge in [0.25, 0.3) is 0 Å². The van der Waals surface area contributed by atoms with Gasteiger partial charge in [-0.05, 0) is 30.5 Å². The van der Waals surface area contributed by atoms with Crippen LogP contribution in [0.1, 0.15) is 18.4 Å². The Hall–Kier alpha value is -1.06. The van der Waals surface area contributed by atoms with Gasteiger partial charge in [0.1, 0.15) is 11.0 Å². The van der Waals surface area contributed by atoms with Crippen LogP contribution in [0, 0.1) is 5.41 Å². The van der Waals surface area contributed by atoms with Gasteiger partial charge in [0.2, 0.25) is 0 Å². The first-order chi connectivity index (χ1) is 8.14. The van der Waals surface area contributed by atoms with E-state index in [1.54, 1.807) is 0 Å². The van der Waals surface area contributed by atoms with Gasteiger partial charge >= 0.3 is 5.97 Å². The van der Waals surface area contributed by atoms with Gasteiger partial charge in [0, 0.05) is 5.02 Å². The summed E-state index contributed by atoms with van der Waals surface area (Å²) in [4.78, 5) is 11.9. The molecule has 2 aliphatic rings. The molecule has 0 aromatic heterocycles. The lowest BCUT2D eigenvalue weighted by Gasteiger charge is -2.21. The van der Waals surface area contributed by atoms with Crippen molar-refractivity contribution in [2.24, 2.45) is 5.41 Å². The number of carbonyl (C=O) groups excluding carboxylic acids is 1. The molecule has 1 aromatic rings. The third kappa shape index (κ3) is 1.42. The molecule has 1 aromatic carbocycles. The summed E-state index contributed by atoms with van der Waals surface area (Å²) in [5.74, 6) is -0.162. The van der Waals surface area contributed by atoms with Crippen LogP contribution in [-0.2, 0) is 19.9 Å². The standard InChI is InChI=1S/C13H13ClO3/c1-16-11(15)12(6-7-12)13(8-17-13)9-2-4-10(14)5-3-9/h2-5H,6-8H2,1H3. The van der Waals surface area contributed by atoms with Gasteiger partial charge in [-0.3, -0.25) is 4.79 Å². The number of epoxide rings is 1. The molecule has 1 aliphatic carbocycles. The van der Waals surface area contributed by atoms with Gasteiger partial charge in [-0.2, -0.15) is 0 Å². The first-order valence-electron chi connectivity index (χ1n) is 5.63. The van der Waals surface area contributed by atoms with E-state index in [2.05, 4.69) is 0 Å². The fourth-order valence-corrected chi connectivity index (χ4v) is 2.73. The Labute approximate surface area is 105 Å². The van der Waals surface area contributed by atoms with Crippen molar-refractivity contribution in [3.8, 4) is 0 Å². The van der Waals surface area contributed by atoms with E-state index in [1.165, 1.54) is 7.11 Å². The van der Waals surface area contributed by atoms with Crippen molar-refractivity contribution < 1.29 is 14.3 Å². The second kappa shape index (κ2) is 3.47. The minimum absolute atomic E-state index is 0.162. The number of rotatable bonds is 3. The average Bonchev–Trinajstić information content (AvgIpc) is 3.20. The zero-order valence-electron chi connectivity index (χ0n) is 9.53. The van der Waals surface area contributed by atoms with E-state index in [4.69, 9.17) is 21.1 Å². The summed E-state index contributed by atoms with van der Waals surface area (Å²) in [6, 6.07) is 7.51. The molecule has 17 heavy (non-hydrogen) atoms. The van der Waals surface area contributed by atoms with Crippen LogP contribution >= 0.6 is 11.6 Å². The number of hydrogen-bond acceptors (Lipinski definition) is 3.